The minimum absolute atomic E-state index is 0.0685. The number of hydrogen-bond donors (Lipinski definition) is 2. The van der Waals surface area contributed by atoms with Crippen LogP contribution in [0.2, 0.25) is 0 Å². The zero-order chi connectivity index (χ0) is 18.1. The molecule has 0 aliphatic carbocycles. The van der Waals surface area contributed by atoms with Gasteiger partial charge in [-0.1, -0.05) is 0 Å². The van der Waals surface area contributed by atoms with Gasteiger partial charge < -0.3 is 0 Å². The number of nitrogens with two attached hydrogens (primary N) is 1. The van der Waals surface area contributed by atoms with E-state index < -0.39 is 20.0 Å². The van der Waals surface area contributed by atoms with Crippen LogP contribution in [0.3, 0.4) is 0 Å². The van der Waals surface area contributed by atoms with Crippen LogP contribution in [0.5, 0.6) is 0 Å². The van der Waals surface area contributed by atoms with E-state index in [9.17, 15) is 16.8 Å². The molecule has 0 bridgehead atoms. The van der Waals surface area contributed by atoms with E-state index in [-0.39, 0.29) is 15.5 Å². The van der Waals surface area contributed by atoms with Gasteiger partial charge in [-0.3, -0.25) is 4.72 Å². The molecule has 130 valence electrons. The molecule has 3 N–H and O–H groups in total. The molecule has 0 amide bonds. The lowest BCUT2D eigenvalue weighted by atomic mass is 10.3. The van der Waals surface area contributed by atoms with Gasteiger partial charge in [0.05, 0.1) is 15.5 Å². The minimum Gasteiger partial charge on any atom is -0.280 e. The van der Waals surface area contributed by atoms with Gasteiger partial charge in [0, 0.05) is 18.1 Å². The zero-order valence-electron chi connectivity index (χ0n) is 12.8. The number of nitrogens with zero attached hydrogens (tertiary/aromatic N) is 2. The SMILES string of the molecule is NS(=O)(=O)c1ccc(NS(=O)(=O)c2ccc(-n3cccn3)cc2)cc1. The van der Waals surface area contributed by atoms with Gasteiger partial charge in [0.2, 0.25) is 10.0 Å². The second-order valence-corrected chi connectivity index (χ2v) is 8.36. The van der Waals surface area contributed by atoms with Gasteiger partial charge in [-0.05, 0) is 54.6 Å². The van der Waals surface area contributed by atoms with Crippen LogP contribution in [0.1, 0.15) is 0 Å². The third-order valence-electron chi connectivity index (χ3n) is 3.35. The normalized spacial score (nSPS) is 12.0. The fraction of sp³-hybridized carbons (Fsp3) is 0. The Kier molecular flexibility index (Phi) is 4.33. The number of hydrogen-bond acceptors (Lipinski definition) is 5. The van der Waals surface area contributed by atoms with E-state index in [1.807, 2.05) is 0 Å². The van der Waals surface area contributed by atoms with E-state index in [0.717, 1.165) is 5.69 Å². The molecule has 3 rings (SSSR count). The summed E-state index contributed by atoms with van der Waals surface area (Å²) in [5.74, 6) is 0. The Morgan fingerprint density at radius 1 is 0.880 bits per heavy atom. The fourth-order valence-corrected chi connectivity index (χ4v) is 3.70. The molecule has 2 aromatic carbocycles. The number of primary sulfonamides is 1. The molecule has 25 heavy (non-hydrogen) atoms. The van der Waals surface area contributed by atoms with E-state index in [0.29, 0.717) is 0 Å². The van der Waals surface area contributed by atoms with E-state index in [4.69, 9.17) is 5.14 Å². The summed E-state index contributed by atoms with van der Waals surface area (Å²) < 4.78 is 51.2. The minimum atomic E-state index is -3.83. The van der Waals surface area contributed by atoms with E-state index in [1.165, 1.54) is 36.4 Å². The second-order valence-electron chi connectivity index (χ2n) is 5.12. The van der Waals surface area contributed by atoms with Gasteiger partial charge in [0.1, 0.15) is 0 Å². The lowest BCUT2D eigenvalue weighted by Gasteiger charge is -2.09. The van der Waals surface area contributed by atoms with Gasteiger partial charge in [0.15, 0.2) is 0 Å². The highest BCUT2D eigenvalue weighted by Crippen LogP contribution is 2.19. The van der Waals surface area contributed by atoms with Crippen molar-refractivity contribution < 1.29 is 16.8 Å². The van der Waals surface area contributed by atoms with Crippen LogP contribution in [0.15, 0.2) is 76.8 Å². The molecule has 0 unspecified atom stereocenters. The van der Waals surface area contributed by atoms with Crippen LogP contribution in [-0.2, 0) is 20.0 Å². The molecule has 8 nitrogen and oxygen atoms in total. The summed E-state index contributed by atoms with van der Waals surface area (Å²) in [6.07, 6.45) is 3.37. The smallest absolute Gasteiger partial charge is 0.261 e. The first-order chi connectivity index (χ1) is 11.8. The zero-order valence-corrected chi connectivity index (χ0v) is 14.4. The summed E-state index contributed by atoms with van der Waals surface area (Å²) in [5, 5.41) is 9.07. The molecule has 0 aliphatic heterocycles. The van der Waals surface area contributed by atoms with Crippen molar-refractivity contribution in [3.8, 4) is 5.69 Å². The Labute approximate surface area is 145 Å². The van der Waals surface area contributed by atoms with E-state index in [1.54, 1.807) is 35.3 Å². The van der Waals surface area contributed by atoms with Gasteiger partial charge in [-0.25, -0.2) is 26.7 Å². The second kappa shape index (κ2) is 6.31. The van der Waals surface area contributed by atoms with Crippen molar-refractivity contribution in [2.75, 3.05) is 4.72 Å². The molecule has 0 aliphatic rings. The van der Waals surface area contributed by atoms with E-state index >= 15 is 0 Å². The Morgan fingerprint density at radius 3 is 2.00 bits per heavy atom. The summed E-state index contributed by atoms with van der Waals surface area (Å²) in [6, 6.07) is 13.1. The van der Waals surface area contributed by atoms with Crippen LogP contribution < -0.4 is 9.86 Å². The molecule has 1 heterocycles. The summed E-state index contributed by atoms with van der Waals surface area (Å²) in [4.78, 5) is -0.0297. The fourth-order valence-electron chi connectivity index (χ4n) is 2.13. The predicted octanol–water partition coefficient (Wildman–Crippen LogP) is 1.32. The highest BCUT2D eigenvalue weighted by molar-refractivity contribution is 7.92. The predicted molar refractivity (Wildman–Crippen MR) is 92.2 cm³/mol. The van der Waals surface area contributed by atoms with Crippen LogP contribution in [0.4, 0.5) is 5.69 Å². The number of aromatic nitrogens is 2. The highest BCUT2D eigenvalue weighted by Gasteiger charge is 2.15. The van der Waals surface area contributed by atoms with Crippen LogP contribution in [0, 0.1) is 0 Å². The Morgan fingerprint density at radius 2 is 1.48 bits per heavy atom. The van der Waals surface area contributed by atoms with Crippen molar-refractivity contribution >= 4 is 25.7 Å². The molecule has 0 spiro atoms. The highest BCUT2D eigenvalue weighted by atomic mass is 32.2. The van der Waals surface area contributed by atoms with Gasteiger partial charge in [-0.15, -0.1) is 0 Å². The molecule has 0 saturated carbocycles. The number of sulfonamides is 2. The maximum absolute atomic E-state index is 12.4. The largest absolute Gasteiger partial charge is 0.280 e. The average Bonchev–Trinajstić information content (AvgIpc) is 3.09. The summed E-state index contributed by atoms with van der Waals surface area (Å²) in [5.41, 5.74) is 0.949. The third-order valence-corrected chi connectivity index (χ3v) is 5.68. The molecule has 1 aromatic heterocycles. The van der Waals surface area contributed by atoms with Crippen LogP contribution in [-0.4, -0.2) is 26.6 Å². The topological polar surface area (TPSA) is 124 Å². The number of nitrogens with one attached hydrogen (secondary N) is 1. The lowest BCUT2D eigenvalue weighted by Crippen LogP contribution is -2.14. The molecular formula is C15H14N4O4S2. The number of benzene rings is 2. The summed E-state index contributed by atoms with van der Waals surface area (Å²) >= 11 is 0. The maximum atomic E-state index is 12.4. The van der Waals surface area contributed by atoms with Crippen molar-refractivity contribution in [2.24, 2.45) is 5.14 Å². The van der Waals surface area contributed by atoms with Crippen molar-refractivity contribution in [2.45, 2.75) is 9.79 Å². The summed E-state index contributed by atoms with van der Waals surface area (Å²) in [6.45, 7) is 0. The quantitative estimate of drug-likeness (QED) is 0.693. The van der Waals surface area contributed by atoms with Crippen molar-refractivity contribution in [3.05, 3.63) is 67.0 Å². The Bertz CT molecular complexity index is 1070. The van der Waals surface area contributed by atoms with Crippen LogP contribution >= 0.6 is 0 Å². The number of anilines is 1. The molecule has 0 fully saturated rings. The molecule has 0 saturated heterocycles. The average molecular weight is 378 g/mol. The van der Waals surface area contributed by atoms with Crippen molar-refractivity contribution in [3.63, 3.8) is 0 Å². The molecule has 0 radical (unpaired) electrons. The monoisotopic (exact) mass is 378 g/mol. The van der Waals surface area contributed by atoms with Crippen molar-refractivity contribution in [1.82, 2.24) is 9.78 Å². The Hall–Kier alpha value is -2.69. The third kappa shape index (κ3) is 3.87. The van der Waals surface area contributed by atoms with Crippen molar-refractivity contribution in [1.29, 1.82) is 0 Å². The van der Waals surface area contributed by atoms with Crippen LogP contribution in [0.25, 0.3) is 5.69 Å². The van der Waals surface area contributed by atoms with E-state index in [2.05, 4.69) is 9.82 Å². The van der Waals surface area contributed by atoms with Gasteiger partial charge in [0.25, 0.3) is 10.0 Å². The maximum Gasteiger partial charge on any atom is 0.261 e. The molecule has 10 heteroatoms. The van der Waals surface area contributed by atoms with Gasteiger partial charge >= 0.3 is 0 Å². The molecular weight excluding hydrogens is 364 g/mol. The molecule has 0 atom stereocenters. The lowest BCUT2D eigenvalue weighted by molar-refractivity contribution is 0.597. The first kappa shape index (κ1) is 17.1. The van der Waals surface area contributed by atoms with Gasteiger partial charge in [-0.2, -0.15) is 5.10 Å². The first-order valence-electron chi connectivity index (χ1n) is 7.01. The molecule has 3 aromatic rings. The Balaban J connectivity index is 1.82. The standard InChI is InChI=1S/C15H14N4O4S2/c16-24(20,21)14-6-2-12(3-7-14)18-25(22,23)15-8-4-13(5-9-15)19-11-1-10-17-19/h1-11,18H,(H2,16,20,21). The summed E-state index contributed by atoms with van der Waals surface area (Å²) in [7, 11) is -7.63. The number of rotatable bonds is 5. The first-order valence-corrected chi connectivity index (χ1v) is 10.0.